The Bertz CT molecular complexity index is 219. The van der Waals surface area contributed by atoms with Gasteiger partial charge in [0, 0.05) is 6.54 Å². The summed E-state index contributed by atoms with van der Waals surface area (Å²) in [5, 5.41) is 12.5. The second-order valence-electron chi connectivity index (χ2n) is 5.43. The first-order valence-electron chi connectivity index (χ1n) is 5.85. The Labute approximate surface area is 98.4 Å². The predicted octanol–water partition coefficient (Wildman–Crippen LogP) is 2.45. The van der Waals surface area contributed by atoms with E-state index in [1.807, 2.05) is 27.7 Å². The highest BCUT2D eigenvalue weighted by Gasteiger charge is 2.20. The second-order valence-corrected chi connectivity index (χ2v) is 5.43. The van der Waals surface area contributed by atoms with Crippen LogP contribution in [0.3, 0.4) is 0 Å². The largest absolute Gasteiger partial charge is 0.444 e. The summed E-state index contributed by atoms with van der Waals surface area (Å²) in [6.45, 7) is 9.70. The van der Waals surface area contributed by atoms with Gasteiger partial charge in [-0.05, 0) is 40.5 Å². The lowest BCUT2D eigenvalue weighted by Gasteiger charge is -2.23. The van der Waals surface area contributed by atoms with Gasteiger partial charge in [-0.15, -0.1) is 0 Å². The Balaban J connectivity index is 3.78. The van der Waals surface area contributed by atoms with Crippen LogP contribution in [-0.2, 0) is 4.74 Å². The molecule has 0 aliphatic rings. The van der Waals surface area contributed by atoms with Gasteiger partial charge >= 0.3 is 6.09 Å². The van der Waals surface area contributed by atoms with Crippen molar-refractivity contribution in [2.24, 2.45) is 0 Å². The molecule has 0 aromatic rings. The molecule has 0 bridgehead atoms. The lowest BCUT2D eigenvalue weighted by Crippen LogP contribution is -2.36. The van der Waals surface area contributed by atoms with E-state index in [1.165, 1.54) is 0 Å². The van der Waals surface area contributed by atoms with Gasteiger partial charge in [0.1, 0.15) is 5.60 Å². The van der Waals surface area contributed by atoms with Gasteiger partial charge in [-0.25, -0.2) is 4.79 Å². The Hall–Kier alpha value is -0.770. The number of alkyl carbamates (subject to hydrolysis) is 1. The number of carbonyl (C=O) groups excluding carboxylic acids is 1. The average Bonchev–Trinajstić information content (AvgIpc) is 1.99. The molecule has 1 amide bonds. The molecular weight excluding hydrogens is 206 g/mol. The summed E-state index contributed by atoms with van der Waals surface area (Å²) in [7, 11) is 0. The van der Waals surface area contributed by atoms with Crippen LogP contribution in [-0.4, -0.2) is 28.9 Å². The molecule has 0 spiro atoms. The number of nitrogens with one attached hydrogen (secondary N) is 1. The van der Waals surface area contributed by atoms with Crippen LogP contribution >= 0.6 is 0 Å². The van der Waals surface area contributed by atoms with Crippen molar-refractivity contribution in [2.75, 3.05) is 6.54 Å². The van der Waals surface area contributed by atoms with Crippen molar-refractivity contribution in [3.05, 3.63) is 0 Å². The predicted molar refractivity (Wildman–Crippen MR) is 64.4 cm³/mol. The van der Waals surface area contributed by atoms with E-state index in [9.17, 15) is 9.90 Å². The molecule has 4 heteroatoms. The van der Waals surface area contributed by atoms with Crippen LogP contribution in [0.5, 0.6) is 0 Å². The van der Waals surface area contributed by atoms with E-state index in [0.717, 1.165) is 12.8 Å². The van der Waals surface area contributed by atoms with Crippen molar-refractivity contribution in [2.45, 2.75) is 65.1 Å². The molecular formula is C12H25NO3. The number of amides is 1. The van der Waals surface area contributed by atoms with Crippen LogP contribution in [0.4, 0.5) is 4.79 Å². The van der Waals surface area contributed by atoms with Gasteiger partial charge in [-0.2, -0.15) is 0 Å². The molecule has 96 valence electrons. The SMILES string of the molecule is CCCC(C)(O)CCNC(=O)OC(C)(C)C. The van der Waals surface area contributed by atoms with Crippen molar-refractivity contribution in [3.63, 3.8) is 0 Å². The fraction of sp³-hybridized carbons (Fsp3) is 0.917. The lowest BCUT2D eigenvalue weighted by atomic mass is 9.97. The van der Waals surface area contributed by atoms with E-state index < -0.39 is 17.3 Å². The first kappa shape index (κ1) is 15.2. The minimum absolute atomic E-state index is 0.431. The molecule has 0 heterocycles. The van der Waals surface area contributed by atoms with Gasteiger partial charge < -0.3 is 15.2 Å². The molecule has 0 saturated heterocycles. The van der Waals surface area contributed by atoms with Crippen molar-refractivity contribution in [1.29, 1.82) is 0 Å². The third kappa shape index (κ3) is 8.53. The van der Waals surface area contributed by atoms with Gasteiger partial charge in [0.2, 0.25) is 0 Å². The smallest absolute Gasteiger partial charge is 0.407 e. The first-order chi connectivity index (χ1) is 7.16. The normalized spacial score (nSPS) is 15.4. The van der Waals surface area contributed by atoms with E-state index in [4.69, 9.17) is 4.74 Å². The molecule has 0 saturated carbocycles. The minimum atomic E-state index is -0.705. The number of hydrogen-bond donors (Lipinski definition) is 2. The summed E-state index contributed by atoms with van der Waals surface area (Å²) in [4.78, 5) is 11.3. The van der Waals surface area contributed by atoms with E-state index in [2.05, 4.69) is 5.32 Å². The minimum Gasteiger partial charge on any atom is -0.444 e. The summed E-state index contributed by atoms with van der Waals surface area (Å²) in [6.07, 6.45) is 1.78. The van der Waals surface area contributed by atoms with Gasteiger partial charge in [-0.3, -0.25) is 0 Å². The first-order valence-corrected chi connectivity index (χ1v) is 5.85. The molecule has 1 unspecified atom stereocenters. The summed E-state index contributed by atoms with van der Waals surface area (Å²) in [5.74, 6) is 0. The topological polar surface area (TPSA) is 58.6 Å². The van der Waals surface area contributed by atoms with Crippen LogP contribution in [0.2, 0.25) is 0 Å². The highest BCUT2D eigenvalue weighted by Crippen LogP contribution is 2.15. The van der Waals surface area contributed by atoms with E-state index in [-0.39, 0.29) is 0 Å². The Morgan fingerprint density at radius 1 is 1.25 bits per heavy atom. The maximum atomic E-state index is 11.3. The standard InChI is InChI=1S/C12H25NO3/c1-6-7-12(5,15)8-9-13-10(14)16-11(2,3)4/h15H,6-9H2,1-5H3,(H,13,14). The number of rotatable bonds is 5. The molecule has 16 heavy (non-hydrogen) atoms. The van der Waals surface area contributed by atoms with Crippen molar-refractivity contribution < 1.29 is 14.6 Å². The third-order valence-electron chi connectivity index (χ3n) is 2.12. The fourth-order valence-electron chi connectivity index (χ4n) is 1.41. The number of ether oxygens (including phenoxy) is 1. The molecule has 2 N–H and O–H groups in total. The van der Waals surface area contributed by atoms with Crippen LogP contribution in [0.1, 0.15) is 53.9 Å². The van der Waals surface area contributed by atoms with E-state index in [0.29, 0.717) is 13.0 Å². The maximum absolute atomic E-state index is 11.3. The van der Waals surface area contributed by atoms with E-state index >= 15 is 0 Å². The molecule has 0 radical (unpaired) electrons. The quantitative estimate of drug-likeness (QED) is 0.764. The molecule has 1 atom stereocenters. The number of carbonyl (C=O) groups is 1. The Morgan fingerprint density at radius 3 is 2.25 bits per heavy atom. The molecule has 0 aromatic heterocycles. The zero-order valence-corrected chi connectivity index (χ0v) is 11.1. The molecule has 0 rings (SSSR count). The van der Waals surface area contributed by atoms with Crippen LogP contribution in [0, 0.1) is 0 Å². The monoisotopic (exact) mass is 231 g/mol. The van der Waals surface area contributed by atoms with Gasteiger partial charge in [0.05, 0.1) is 5.60 Å². The van der Waals surface area contributed by atoms with Crippen LogP contribution < -0.4 is 5.32 Å². The molecule has 0 aromatic carbocycles. The molecule has 4 nitrogen and oxygen atoms in total. The Kier molecular flexibility index (Phi) is 5.79. The highest BCUT2D eigenvalue weighted by molar-refractivity contribution is 5.67. The zero-order valence-electron chi connectivity index (χ0n) is 11.1. The second kappa shape index (κ2) is 6.09. The maximum Gasteiger partial charge on any atom is 0.407 e. The van der Waals surface area contributed by atoms with Crippen molar-refractivity contribution in [3.8, 4) is 0 Å². The molecule has 0 aliphatic heterocycles. The van der Waals surface area contributed by atoms with Gasteiger partial charge in [0.15, 0.2) is 0 Å². The van der Waals surface area contributed by atoms with Gasteiger partial charge in [-0.1, -0.05) is 13.3 Å². The number of aliphatic hydroxyl groups is 1. The lowest BCUT2D eigenvalue weighted by molar-refractivity contribution is 0.0353. The average molecular weight is 231 g/mol. The van der Waals surface area contributed by atoms with Crippen LogP contribution in [0.15, 0.2) is 0 Å². The summed E-state index contributed by atoms with van der Waals surface area (Å²) < 4.78 is 5.08. The highest BCUT2D eigenvalue weighted by atomic mass is 16.6. The van der Waals surface area contributed by atoms with Crippen LogP contribution in [0.25, 0.3) is 0 Å². The van der Waals surface area contributed by atoms with Crippen molar-refractivity contribution >= 4 is 6.09 Å². The number of hydrogen-bond acceptors (Lipinski definition) is 3. The summed E-state index contributed by atoms with van der Waals surface area (Å²) in [6, 6.07) is 0. The Morgan fingerprint density at radius 2 is 1.81 bits per heavy atom. The van der Waals surface area contributed by atoms with Gasteiger partial charge in [0.25, 0.3) is 0 Å². The third-order valence-corrected chi connectivity index (χ3v) is 2.12. The molecule has 0 fully saturated rings. The zero-order chi connectivity index (χ0) is 12.8. The summed E-state index contributed by atoms with van der Waals surface area (Å²) in [5.41, 5.74) is -1.18. The fourth-order valence-corrected chi connectivity index (χ4v) is 1.41. The van der Waals surface area contributed by atoms with E-state index in [1.54, 1.807) is 6.92 Å². The van der Waals surface area contributed by atoms with Crippen molar-refractivity contribution in [1.82, 2.24) is 5.32 Å². The summed E-state index contributed by atoms with van der Waals surface area (Å²) >= 11 is 0. The molecule has 0 aliphatic carbocycles.